The summed E-state index contributed by atoms with van der Waals surface area (Å²) in [5.41, 5.74) is 1.55. The van der Waals surface area contributed by atoms with Gasteiger partial charge in [0, 0.05) is 6.07 Å². The molecule has 3 nitrogen and oxygen atoms in total. The number of allylic oxidation sites excluding steroid dienone is 3. The van der Waals surface area contributed by atoms with Crippen LogP contribution in [0.2, 0.25) is 0 Å². The fraction of sp³-hybridized carbons (Fsp3) is 0.357. The molecule has 0 radical (unpaired) electrons. The zero-order valence-corrected chi connectivity index (χ0v) is 10.7. The van der Waals surface area contributed by atoms with Crippen molar-refractivity contribution in [2.75, 3.05) is 7.11 Å². The smallest absolute Gasteiger partial charge is 0.291 e. The van der Waals surface area contributed by atoms with E-state index in [1.54, 1.807) is 13.0 Å². The van der Waals surface area contributed by atoms with Gasteiger partial charge in [0.05, 0.1) is 12.7 Å². The van der Waals surface area contributed by atoms with E-state index in [0.29, 0.717) is 11.3 Å². The lowest BCUT2D eigenvalue weighted by atomic mass is 10.2. The Morgan fingerprint density at radius 1 is 1.53 bits per heavy atom. The van der Waals surface area contributed by atoms with Gasteiger partial charge in [0.15, 0.2) is 5.43 Å². The van der Waals surface area contributed by atoms with Gasteiger partial charge < -0.3 is 9.15 Å². The lowest BCUT2D eigenvalue weighted by Gasteiger charge is -2.02. The second-order valence-corrected chi connectivity index (χ2v) is 3.82. The van der Waals surface area contributed by atoms with E-state index in [2.05, 4.69) is 13.0 Å². The Kier molecular flexibility index (Phi) is 4.76. The minimum Gasteiger partial charge on any atom is -0.468 e. The van der Waals surface area contributed by atoms with Gasteiger partial charge in [-0.3, -0.25) is 4.79 Å². The molecule has 1 aromatic rings. The van der Waals surface area contributed by atoms with E-state index in [0.717, 1.165) is 12.0 Å². The first-order valence-corrected chi connectivity index (χ1v) is 5.62. The highest BCUT2D eigenvalue weighted by atomic mass is 16.6. The Morgan fingerprint density at radius 3 is 2.82 bits per heavy atom. The molecule has 92 valence electrons. The summed E-state index contributed by atoms with van der Waals surface area (Å²) in [4.78, 5) is 11.6. The van der Waals surface area contributed by atoms with Gasteiger partial charge in [-0.2, -0.15) is 0 Å². The molecule has 3 heteroatoms. The molecule has 0 aliphatic heterocycles. The molecule has 0 bridgehead atoms. The van der Waals surface area contributed by atoms with E-state index in [1.807, 2.05) is 13.0 Å². The maximum atomic E-state index is 11.6. The Labute approximate surface area is 101 Å². The van der Waals surface area contributed by atoms with Gasteiger partial charge in [-0.1, -0.05) is 24.6 Å². The minimum absolute atomic E-state index is 0.0788. The topological polar surface area (TPSA) is 39.4 Å². The number of ether oxygens (including phenoxy) is 1. The van der Waals surface area contributed by atoms with Crippen LogP contribution in [-0.2, 0) is 0 Å². The van der Waals surface area contributed by atoms with Crippen LogP contribution in [0.1, 0.15) is 31.6 Å². The van der Waals surface area contributed by atoms with Crippen molar-refractivity contribution in [3.63, 3.8) is 0 Å². The van der Waals surface area contributed by atoms with Crippen LogP contribution < -0.4 is 10.2 Å². The molecule has 0 aliphatic carbocycles. The van der Waals surface area contributed by atoms with Crippen molar-refractivity contribution >= 4 is 6.08 Å². The van der Waals surface area contributed by atoms with Crippen LogP contribution in [0.25, 0.3) is 6.08 Å². The fourth-order valence-corrected chi connectivity index (χ4v) is 1.43. The van der Waals surface area contributed by atoms with Crippen molar-refractivity contribution in [3.8, 4) is 5.95 Å². The van der Waals surface area contributed by atoms with E-state index in [-0.39, 0.29) is 11.4 Å². The molecule has 17 heavy (non-hydrogen) atoms. The summed E-state index contributed by atoms with van der Waals surface area (Å²) in [5, 5.41) is 0. The van der Waals surface area contributed by atoms with Gasteiger partial charge >= 0.3 is 0 Å². The maximum Gasteiger partial charge on any atom is 0.291 e. The predicted molar refractivity (Wildman–Crippen MR) is 69.3 cm³/mol. The zero-order valence-electron chi connectivity index (χ0n) is 10.7. The monoisotopic (exact) mass is 234 g/mol. The van der Waals surface area contributed by atoms with Crippen LogP contribution in [0.4, 0.5) is 0 Å². The molecule has 0 amide bonds. The van der Waals surface area contributed by atoms with Crippen LogP contribution in [0.5, 0.6) is 5.95 Å². The SMILES string of the molecule is CCC=C(C)C=Cc1cc(=O)c(C)c(OC)o1. The van der Waals surface area contributed by atoms with Gasteiger partial charge in [-0.15, -0.1) is 0 Å². The van der Waals surface area contributed by atoms with Crippen molar-refractivity contribution < 1.29 is 9.15 Å². The molecule has 0 N–H and O–H groups in total. The van der Waals surface area contributed by atoms with E-state index >= 15 is 0 Å². The molecular formula is C14H18O3. The molecule has 0 fully saturated rings. The highest BCUT2D eigenvalue weighted by molar-refractivity contribution is 5.48. The number of hydrogen-bond acceptors (Lipinski definition) is 3. The molecule has 0 spiro atoms. The molecule has 1 aromatic heterocycles. The average Bonchev–Trinajstić information content (AvgIpc) is 2.31. The molecule has 1 rings (SSSR count). The highest BCUT2D eigenvalue weighted by Gasteiger charge is 2.06. The van der Waals surface area contributed by atoms with Crippen LogP contribution >= 0.6 is 0 Å². The molecular weight excluding hydrogens is 216 g/mol. The molecule has 0 saturated carbocycles. The lowest BCUT2D eigenvalue weighted by Crippen LogP contribution is -2.05. The second-order valence-electron chi connectivity index (χ2n) is 3.82. The fourth-order valence-electron chi connectivity index (χ4n) is 1.43. The highest BCUT2D eigenvalue weighted by Crippen LogP contribution is 2.16. The van der Waals surface area contributed by atoms with Crippen molar-refractivity contribution in [1.82, 2.24) is 0 Å². The third-order valence-corrected chi connectivity index (χ3v) is 2.38. The largest absolute Gasteiger partial charge is 0.468 e. The molecule has 0 aliphatic rings. The Hall–Kier alpha value is -1.77. The van der Waals surface area contributed by atoms with Gasteiger partial charge in [0.2, 0.25) is 0 Å². The van der Waals surface area contributed by atoms with Crippen molar-refractivity contribution in [2.24, 2.45) is 0 Å². The third kappa shape index (κ3) is 3.63. The molecule has 0 aromatic carbocycles. The minimum atomic E-state index is -0.0788. The summed E-state index contributed by atoms with van der Waals surface area (Å²) in [5.74, 6) is 0.774. The van der Waals surface area contributed by atoms with E-state index in [4.69, 9.17) is 9.15 Å². The van der Waals surface area contributed by atoms with Crippen molar-refractivity contribution in [3.05, 3.63) is 45.3 Å². The normalized spacial score (nSPS) is 12.1. The summed E-state index contributed by atoms with van der Waals surface area (Å²) >= 11 is 0. The van der Waals surface area contributed by atoms with Gasteiger partial charge in [0.1, 0.15) is 5.76 Å². The summed E-state index contributed by atoms with van der Waals surface area (Å²) < 4.78 is 10.4. The van der Waals surface area contributed by atoms with Gasteiger partial charge in [-0.25, -0.2) is 0 Å². The molecule has 1 heterocycles. The molecule has 0 unspecified atom stereocenters. The first-order valence-electron chi connectivity index (χ1n) is 5.62. The Bertz CT molecular complexity index is 493. The maximum absolute atomic E-state index is 11.6. The summed E-state index contributed by atoms with van der Waals surface area (Å²) in [7, 11) is 1.49. The molecule has 0 saturated heterocycles. The first kappa shape index (κ1) is 13.3. The van der Waals surface area contributed by atoms with Gasteiger partial charge in [-0.05, 0) is 26.3 Å². The Balaban J connectivity index is 3.05. The van der Waals surface area contributed by atoms with E-state index < -0.39 is 0 Å². The quantitative estimate of drug-likeness (QED) is 0.750. The summed E-state index contributed by atoms with van der Waals surface area (Å²) in [6, 6.07) is 1.47. The summed E-state index contributed by atoms with van der Waals surface area (Å²) in [6.07, 6.45) is 6.76. The number of rotatable bonds is 4. The predicted octanol–water partition coefficient (Wildman–Crippen LogP) is 3.33. The lowest BCUT2D eigenvalue weighted by molar-refractivity contribution is 0.290. The van der Waals surface area contributed by atoms with Crippen molar-refractivity contribution in [2.45, 2.75) is 27.2 Å². The number of methoxy groups -OCH3 is 1. The third-order valence-electron chi connectivity index (χ3n) is 2.38. The van der Waals surface area contributed by atoms with Crippen LogP contribution in [0.15, 0.2) is 33.0 Å². The standard InChI is InChI=1S/C14H18O3/c1-5-6-10(2)7-8-12-9-13(15)11(3)14(16-4)17-12/h6-9H,5H2,1-4H3. The first-order chi connectivity index (χ1) is 8.08. The Morgan fingerprint density at radius 2 is 2.24 bits per heavy atom. The average molecular weight is 234 g/mol. The van der Waals surface area contributed by atoms with Gasteiger partial charge in [0.25, 0.3) is 5.95 Å². The summed E-state index contributed by atoms with van der Waals surface area (Å²) in [6.45, 7) is 5.76. The van der Waals surface area contributed by atoms with Crippen LogP contribution in [0, 0.1) is 6.92 Å². The van der Waals surface area contributed by atoms with Crippen LogP contribution in [-0.4, -0.2) is 7.11 Å². The van der Waals surface area contributed by atoms with E-state index in [9.17, 15) is 4.79 Å². The van der Waals surface area contributed by atoms with E-state index in [1.165, 1.54) is 13.2 Å². The molecule has 0 atom stereocenters. The second kappa shape index (κ2) is 6.09. The zero-order chi connectivity index (χ0) is 12.8. The number of hydrogen-bond donors (Lipinski definition) is 0. The van der Waals surface area contributed by atoms with Crippen molar-refractivity contribution in [1.29, 1.82) is 0 Å². The van der Waals surface area contributed by atoms with Crippen LogP contribution in [0.3, 0.4) is 0 Å².